The molecule has 2 N–H and O–H groups in total. The van der Waals surface area contributed by atoms with Gasteiger partial charge in [0.2, 0.25) is 5.91 Å². The lowest BCUT2D eigenvalue weighted by molar-refractivity contribution is -0.158. The summed E-state index contributed by atoms with van der Waals surface area (Å²) in [5.74, 6) is -4.34. The van der Waals surface area contributed by atoms with Crippen LogP contribution in [0.2, 0.25) is 0 Å². The van der Waals surface area contributed by atoms with E-state index >= 15 is 0 Å². The number of carboxylic acids is 1. The number of hydrogen-bond donors (Lipinski definition) is 2. The predicted octanol–water partition coefficient (Wildman–Crippen LogP) is 3.47. The van der Waals surface area contributed by atoms with Gasteiger partial charge in [0.05, 0.1) is 24.2 Å². The number of anilines is 1. The molecule has 38 heavy (non-hydrogen) atoms. The highest BCUT2D eigenvalue weighted by molar-refractivity contribution is 6.05. The maximum atomic E-state index is 14.7. The molecule has 202 valence electrons. The number of likely N-dealkylation sites (tertiary alicyclic amines) is 1. The van der Waals surface area contributed by atoms with Gasteiger partial charge in [-0.2, -0.15) is 0 Å². The molecular weight excluding hydrogens is 484 g/mol. The molecule has 3 unspecified atom stereocenters. The highest BCUT2D eigenvalue weighted by Crippen LogP contribution is 2.65. The third kappa shape index (κ3) is 3.53. The number of amides is 2. The van der Waals surface area contributed by atoms with Crippen LogP contribution in [0.1, 0.15) is 34.1 Å². The number of carbonyl (C=O) groups is 3. The zero-order valence-corrected chi connectivity index (χ0v) is 22.3. The molecule has 3 heterocycles. The number of ether oxygens (including phenoxy) is 1. The van der Waals surface area contributed by atoms with Crippen LogP contribution in [0, 0.1) is 23.7 Å². The Kier molecular flexibility index (Phi) is 6.39. The Morgan fingerprint density at radius 2 is 1.92 bits per heavy atom. The fourth-order valence-corrected chi connectivity index (χ4v) is 7.25. The largest absolute Gasteiger partial charge is 0.481 e. The van der Waals surface area contributed by atoms with Crippen LogP contribution < -0.4 is 4.90 Å². The first-order valence-electron chi connectivity index (χ1n) is 13.3. The number of aliphatic hydroxyl groups is 1. The van der Waals surface area contributed by atoms with Crippen LogP contribution in [0.15, 0.2) is 55.1 Å². The Balaban J connectivity index is 1.67. The van der Waals surface area contributed by atoms with Crippen molar-refractivity contribution in [2.45, 2.75) is 57.4 Å². The molecular formula is C30H36N2O6. The lowest BCUT2D eigenvalue weighted by Crippen LogP contribution is -2.60. The standard InChI is InChI=1S/C30H36N2O6/c1-6-13-31(21-12-11-19-9-7-8-10-20(19)14-21)27(35)25-30-15-18(4)29(5,38-30)24(28(36)37)23(30)26(34)32(25)22(16-33)17(2)3/h6-12,14,17-18,22-25,33H,1,13,15-16H2,2-5H3,(H,36,37)/t18?,22-,23-,24-,25?,29+,30?/m0/s1. The van der Waals surface area contributed by atoms with Gasteiger partial charge in [-0.1, -0.05) is 57.2 Å². The van der Waals surface area contributed by atoms with E-state index < -0.39 is 47.0 Å². The molecule has 8 nitrogen and oxygen atoms in total. The minimum atomic E-state index is -1.30. The number of aliphatic hydroxyl groups excluding tert-OH is 1. The Bertz CT molecular complexity index is 1310. The Morgan fingerprint density at radius 1 is 1.24 bits per heavy atom. The molecule has 8 heteroatoms. The van der Waals surface area contributed by atoms with E-state index in [-0.39, 0.29) is 30.9 Å². The van der Waals surface area contributed by atoms with E-state index in [0.717, 1.165) is 10.8 Å². The SMILES string of the molecule is C=CCN(C(=O)C1N([C@@H](CO)C(C)C)C(=O)[C@@H]2[C@@H](C(=O)O)[C@]3(C)OC12CC3C)c1ccc2ccccc2c1. The summed E-state index contributed by atoms with van der Waals surface area (Å²) in [5.41, 5.74) is -1.73. The number of carboxylic acid groups (broad SMARTS) is 1. The highest BCUT2D eigenvalue weighted by atomic mass is 16.5. The van der Waals surface area contributed by atoms with Crippen molar-refractivity contribution in [1.29, 1.82) is 0 Å². The summed E-state index contributed by atoms with van der Waals surface area (Å²) >= 11 is 0. The van der Waals surface area contributed by atoms with Crippen molar-refractivity contribution >= 4 is 34.2 Å². The molecule has 3 fully saturated rings. The van der Waals surface area contributed by atoms with E-state index in [1.165, 1.54) is 4.90 Å². The van der Waals surface area contributed by atoms with Crippen LogP contribution >= 0.6 is 0 Å². The topological polar surface area (TPSA) is 107 Å². The summed E-state index contributed by atoms with van der Waals surface area (Å²) in [7, 11) is 0. The van der Waals surface area contributed by atoms with Gasteiger partial charge in [-0.15, -0.1) is 6.58 Å². The Morgan fingerprint density at radius 3 is 2.53 bits per heavy atom. The van der Waals surface area contributed by atoms with E-state index in [2.05, 4.69) is 6.58 Å². The minimum absolute atomic E-state index is 0.170. The fraction of sp³-hybridized carbons (Fsp3) is 0.500. The van der Waals surface area contributed by atoms with Crippen molar-refractivity contribution in [3.8, 4) is 0 Å². The van der Waals surface area contributed by atoms with E-state index in [4.69, 9.17) is 4.74 Å². The van der Waals surface area contributed by atoms with Crippen molar-refractivity contribution in [2.24, 2.45) is 23.7 Å². The molecule has 5 rings (SSSR count). The quantitative estimate of drug-likeness (QED) is 0.516. The van der Waals surface area contributed by atoms with Gasteiger partial charge in [0.1, 0.15) is 17.6 Å². The number of rotatable bonds is 8. The molecule has 1 spiro atoms. The van der Waals surface area contributed by atoms with Gasteiger partial charge in [-0.05, 0) is 48.1 Å². The average Bonchev–Trinajstić information content (AvgIpc) is 3.39. The summed E-state index contributed by atoms with van der Waals surface area (Å²) in [6, 6.07) is 11.8. The summed E-state index contributed by atoms with van der Waals surface area (Å²) < 4.78 is 6.60. The number of fused-ring (bicyclic) bond motifs is 2. The van der Waals surface area contributed by atoms with Crippen LogP contribution in [0.25, 0.3) is 10.8 Å². The maximum Gasteiger partial charge on any atom is 0.310 e. The average molecular weight is 521 g/mol. The van der Waals surface area contributed by atoms with Gasteiger partial charge in [-0.3, -0.25) is 14.4 Å². The zero-order chi connectivity index (χ0) is 27.6. The van der Waals surface area contributed by atoms with Crippen LogP contribution in [0.3, 0.4) is 0 Å². The maximum absolute atomic E-state index is 14.7. The van der Waals surface area contributed by atoms with Crippen LogP contribution in [-0.2, 0) is 19.1 Å². The molecule has 2 bridgehead atoms. The molecule has 0 saturated carbocycles. The van der Waals surface area contributed by atoms with Crippen molar-refractivity contribution in [3.63, 3.8) is 0 Å². The van der Waals surface area contributed by atoms with Gasteiger partial charge in [0.25, 0.3) is 5.91 Å². The molecule has 2 aromatic carbocycles. The van der Waals surface area contributed by atoms with Gasteiger partial charge >= 0.3 is 5.97 Å². The van der Waals surface area contributed by atoms with Gasteiger partial charge < -0.3 is 24.7 Å². The smallest absolute Gasteiger partial charge is 0.310 e. The molecule has 0 aromatic heterocycles. The summed E-state index contributed by atoms with van der Waals surface area (Å²) in [6.07, 6.45) is 2.01. The van der Waals surface area contributed by atoms with Crippen molar-refractivity contribution in [2.75, 3.05) is 18.1 Å². The first-order valence-corrected chi connectivity index (χ1v) is 13.3. The van der Waals surface area contributed by atoms with Crippen LogP contribution in [0.5, 0.6) is 0 Å². The van der Waals surface area contributed by atoms with Crippen LogP contribution in [0.4, 0.5) is 5.69 Å². The summed E-state index contributed by atoms with van der Waals surface area (Å²) in [5, 5.41) is 22.6. The van der Waals surface area contributed by atoms with Crippen molar-refractivity contribution in [3.05, 3.63) is 55.1 Å². The number of nitrogens with zero attached hydrogens (tertiary/aromatic N) is 2. The lowest BCUT2D eigenvalue weighted by Gasteiger charge is -2.40. The zero-order valence-electron chi connectivity index (χ0n) is 22.3. The Labute approximate surface area is 222 Å². The third-order valence-electron chi connectivity index (χ3n) is 9.19. The van der Waals surface area contributed by atoms with E-state index in [1.807, 2.05) is 63.2 Å². The first-order chi connectivity index (χ1) is 18.0. The summed E-state index contributed by atoms with van der Waals surface area (Å²) in [4.78, 5) is 44.4. The summed E-state index contributed by atoms with van der Waals surface area (Å²) in [6.45, 7) is 11.1. The number of aliphatic carboxylic acids is 1. The van der Waals surface area contributed by atoms with Gasteiger partial charge in [0, 0.05) is 12.2 Å². The molecule has 7 atom stereocenters. The minimum Gasteiger partial charge on any atom is -0.481 e. The normalized spacial score (nSPS) is 32.6. The van der Waals surface area contributed by atoms with E-state index in [1.54, 1.807) is 17.9 Å². The second kappa shape index (κ2) is 9.20. The molecule has 3 saturated heterocycles. The molecule has 3 aliphatic heterocycles. The van der Waals surface area contributed by atoms with Gasteiger partial charge in [0.15, 0.2) is 0 Å². The van der Waals surface area contributed by atoms with Crippen molar-refractivity contribution < 1.29 is 29.3 Å². The van der Waals surface area contributed by atoms with E-state index in [0.29, 0.717) is 12.1 Å². The fourth-order valence-electron chi connectivity index (χ4n) is 7.25. The Hall–Kier alpha value is -3.23. The monoisotopic (exact) mass is 520 g/mol. The highest BCUT2D eigenvalue weighted by Gasteiger charge is 2.80. The number of benzene rings is 2. The number of hydrogen-bond acceptors (Lipinski definition) is 5. The van der Waals surface area contributed by atoms with Crippen LogP contribution in [-0.4, -0.2) is 69.3 Å². The van der Waals surface area contributed by atoms with Crippen molar-refractivity contribution in [1.82, 2.24) is 4.90 Å². The molecule has 2 amide bonds. The third-order valence-corrected chi connectivity index (χ3v) is 9.19. The second-order valence-corrected chi connectivity index (χ2v) is 11.6. The molecule has 3 aliphatic rings. The van der Waals surface area contributed by atoms with E-state index in [9.17, 15) is 24.6 Å². The second-order valence-electron chi connectivity index (χ2n) is 11.6. The number of carbonyl (C=O) groups excluding carboxylic acids is 2. The molecule has 0 aliphatic carbocycles. The van der Waals surface area contributed by atoms with Gasteiger partial charge in [-0.25, -0.2) is 0 Å². The molecule has 0 radical (unpaired) electrons. The lowest BCUT2D eigenvalue weighted by atomic mass is 9.62. The predicted molar refractivity (Wildman–Crippen MR) is 143 cm³/mol. The first kappa shape index (κ1) is 26.4. The molecule has 2 aromatic rings.